The summed E-state index contributed by atoms with van der Waals surface area (Å²) >= 11 is 0. The lowest BCUT2D eigenvalue weighted by atomic mass is 9.77. The van der Waals surface area contributed by atoms with E-state index < -0.39 is 0 Å². The van der Waals surface area contributed by atoms with Gasteiger partial charge in [-0.15, -0.1) is 0 Å². The largest absolute Gasteiger partial charge is 0.369 e. The van der Waals surface area contributed by atoms with Gasteiger partial charge in [0, 0.05) is 74.3 Å². The minimum Gasteiger partial charge on any atom is -0.369 e. The number of hydrogen-bond acceptors (Lipinski definition) is 6. The number of amides is 1. The summed E-state index contributed by atoms with van der Waals surface area (Å²) in [5, 5.41) is 3.54. The molecule has 1 amide bonds. The molecule has 1 spiro atoms. The fourth-order valence-electron chi connectivity index (χ4n) is 4.94. The molecule has 0 radical (unpaired) electrons. The Bertz CT molecular complexity index is 1070. The molecule has 8 nitrogen and oxygen atoms in total. The van der Waals surface area contributed by atoms with Crippen molar-refractivity contribution in [3.05, 3.63) is 54.0 Å². The molecule has 1 unspecified atom stereocenters. The molecule has 1 aliphatic carbocycles. The van der Waals surface area contributed by atoms with Gasteiger partial charge in [-0.1, -0.05) is 0 Å². The molecule has 5 rings (SSSR count). The van der Waals surface area contributed by atoms with Crippen LogP contribution >= 0.6 is 0 Å². The van der Waals surface area contributed by atoms with E-state index in [9.17, 15) is 4.79 Å². The van der Waals surface area contributed by atoms with E-state index in [0.29, 0.717) is 5.82 Å². The Morgan fingerprint density at radius 2 is 2.23 bits per heavy atom. The third-order valence-corrected chi connectivity index (χ3v) is 6.51. The van der Waals surface area contributed by atoms with Gasteiger partial charge in [-0.25, -0.2) is 15.0 Å². The fourth-order valence-corrected chi connectivity index (χ4v) is 4.94. The highest BCUT2D eigenvalue weighted by molar-refractivity contribution is 5.73. The number of carbonyl (C=O) groups excluding carboxylic acids is 1. The van der Waals surface area contributed by atoms with Gasteiger partial charge in [0.05, 0.1) is 5.69 Å². The summed E-state index contributed by atoms with van der Waals surface area (Å²) in [6.07, 6.45) is 12.0. The van der Waals surface area contributed by atoms with Crippen molar-refractivity contribution in [3.63, 3.8) is 0 Å². The molecule has 0 bridgehead atoms. The number of aromatic amines is 1. The van der Waals surface area contributed by atoms with Crippen LogP contribution in [-0.2, 0) is 23.1 Å². The third-order valence-electron chi connectivity index (χ3n) is 6.51. The fraction of sp³-hybridized carbons (Fsp3) is 0.435. The molecule has 2 N–H and O–H groups in total. The van der Waals surface area contributed by atoms with Crippen molar-refractivity contribution < 1.29 is 4.79 Å². The van der Waals surface area contributed by atoms with Gasteiger partial charge in [0.25, 0.3) is 0 Å². The van der Waals surface area contributed by atoms with Gasteiger partial charge < -0.3 is 15.2 Å². The van der Waals surface area contributed by atoms with Crippen LogP contribution in [0.5, 0.6) is 0 Å². The van der Waals surface area contributed by atoms with Crippen molar-refractivity contribution in [2.24, 2.45) is 0 Å². The summed E-state index contributed by atoms with van der Waals surface area (Å²) in [6, 6.07) is 3.90. The van der Waals surface area contributed by atoms with Gasteiger partial charge in [0.2, 0.25) is 5.91 Å². The molecule has 3 aromatic rings. The van der Waals surface area contributed by atoms with E-state index in [2.05, 4.69) is 20.3 Å². The number of aromatic nitrogens is 5. The Labute approximate surface area is 181 Å². The van der Waals surface area contributed by atoms with Crippen LogP contribution in [0.4, 0.5) is 5.82 Å². The number of rotatable bonds is 5. The van der Waals surface area contributed by atoms with E-state index in [4.69, 9.17) is 9.97 Å². The minimum absolute atomic E-state index is 0.0867. The summed E-state index contributed by atoms with van der Waals surface area (Å²) in [5.41, 5.74) is 3.11. The van der Waals surface area contributed by atoms with E-state index >= 15 is 0 Å². The predicted molar refractivity (Wildman–Crippen MR) is 118 cm³/mol. The second kappa shape index (κ2) is 8.09. The summed E-state index contributed by atoms with van der Waals surface area (Å²) < 4.78 is 0. The lowest BCUT2D eigenvalue weighted by Crippen LogP contribution is -2.47. The Balaban J connectivity index is 1.51. The molecule has 1 fully saturated rings. The molecular formula is C23H27N7O. The van der Waals surface area contributed by atoms with E-state index in [1.807, 2.05) is 23.2 Å². The smallest absolute Gasteiger partial charge is 0.219 e. The minimum atomic E-state index is -0.0867. The number of likely N-dealkylation sites (tertiary alicyclic amines) is 1. The molecule has 8 heteroatoms. The Kier molecular flexibility index (Phi) is 5.13. The van der Waals surface area contributed by atoms with Crippen molar-refractivity contribution in [1.29, 1.82) is 0 Å². The molecule has 0 aromatic carbocycles. The maximum Gasteiger partial charge on any atom is 0.219 e. The van der Waals surface area contributed by atoms with Crippen LogP contribution in [0.3, 0.4) is 0 Å². The van der Waals surface area contributed by atoms with Gasteiger partial charge in [0.15, 0.2) is 5.82 Å². The highest BCUT2D eigenvalue weighted by Crippen LogP contribution is 2.46. The molecule has 3 aromatic heterocycles. The lowest BCUT2D eigenvalue weighted by molar-refractivity contribution is -0.131. The monoisotopic (exact) mass is 417 g/mol. The Hall–Kier alpha value is -3.29. The summed E-state index contributed by atoms with van der Waals surface area (Å²) in [5.74, 6) is 2.68. The zero-order valence-corrected chi connectivity index (χ0v) is 17.8. The number of nitrogens with one attached hydrogen (secondary N) is 2. The SMILES string of the molecule is CC(=O)N1CCCC2(CCc3c(NCCc4ncc[nH]4)nc(-c4cccnc4)nc32)C1. The first-order chi connectivity index (χ1) is 15.1. The van der Waals surface area contributed by atoms with Crippen molar-refractivity contribution in [3.8, 4) is 11.4 Å². The van der Waals surface area contributed by atoms with E-state index in [-0.39, 0.29) is 11.3 Å². The highest BCUT2D eigenvalue weighted by Gasteiger charge is 2.45. The summed E-state index contributed by atoms with van der Waals surface area (Å²) in [6.45, 7) is 3.97. The summed E-state index contributed by atoms with van der Waals surface area (Å²) in [4.78, 5) is 35.8. The number of nitrogens with zero attached hydrogens (tertiary/aromatic N) is 5. The predicted octanol–water partition coefficient (Wildman–Crippen LogP) is 2.74. The van der Waals surface area contributed by atoms with Gasteiger partial charge in [-0.05, 0) is 37.8 Å². The van der Waals surface area contributed by atoms with Gasteiger partial charge in [-0.3, -0.25) is 9.78 Å². The average Bonchev–Trinajstić information content (AvgIpc) is 3.43. The number of H-pyrrole nitrogens is 1. The molecule has 1 atom stereocenters. The lowest BCUT2D eigenvalue weighted by Gasteiger charge is -2.40. The molecule has 4 heterocycles. The van der Waals surface area contributed by atoms with E-state index in [1.165, 1.54) is 5.56 Å². The van der Waals surface area contributed by atoms with Crippen LogP contribution < -0.4 is 5.32 Å². The van der Waals surface area contributed by atoms with Crippen LogP contribution in [0.2, 0.25) is 0 Å². The topological polar surface area (TPSA) is 99.7 Å². The maximum absolute atomic E-state index is 12.1. The number of fused-ring (bicyclic) bond motifs is 2. The van der Waals surface area contributed by atoms with Crippen molar-refractivity contribution >= 4 is 11.7 Å². The van der Waals surface area contributed by atoms with E-state index in [1.54, 1.807) is 25.5 Å². The van der Waals surface area contributed by atoms with Crippen LogP contribution in [-0.4, -0.2) is 55.4 Å². The Morgan fingerprint density at radius 1 is 1.29 bits per heavy atom. The van der Waals surface area contributed by atoms with Gasteiger partial charge >= 0.3 is 0 Å². The molecule has 0 saturated carbocycles. The second-order valence-corrected chi connectivity index (χ2v) is 8.50. The highest BCUT2D eigenvalue weighted by atomic mass is 16.2. The third kappa shape index (κ3) is 3.78. The van der Waals surface area contributed by atoms with Crippen LogP contribution in [0.1, 0.15) is 43.3 Å². The number of imidazole rings is 1. The molecular weight excluding hydrogens is 390 g/mol. The first-order valence-electron chi connectivity index (χ1n) is 10.9. The standard InChI is InChI=1S/C23H27N7O/c1-16(31)30-13-3-7-23(15-30)8-5-18-20(23)28-21(17-4-2-9-24-14-17)29-22(18)27-10-6-19-25-11-12-26-19/h2,4,9,11-12,14H,3,5-8,10,13,15H2,1H3,(H,25,26)(H,27,28,29). The van der Waals surface area contributed by atoms with Crippen molar-refractivity contribution in [2.45, 2.75) is 44.4 Å². The number of pyridine rings is 1. The maximum atomic E-state index is 12.1. The first-order valence-corrected chi connectivity index (χ1v) is 10.9. The average molecular weight is 418 g/mol. The molecule has 2 aliphatic rings. The number of piperidine rings is 1. The molecule has 1 aliphatic heterocycles. The Morgan fingerprint density at radius 3 is 3.00 bits per heavy atom. The number of carbonyl (C=O) groups is 1. The zero-order chi connectivity index (χ0) is 21.3. The van der Waals surface area contributed by atoms with Crippen molar-refractivity contribution in [2.75, 3.05) is 25.0 Å². The van der Waals surface area contributed by atoms with Gasteiger partial charge in [0.1, 0.15) is 11.6 Å². The van der Waals surface area contributed by atoms with Crippen LogP contribution in [0.25, 0.3) is 11.4 Å². The van der Waals surface area contributed by atoms with Gasteiger partial charge in [-0.2, -0.15) is 0 Å². The molecule has 1 saturated heterocycles. The normalized spacial score (nSPS) is 20.1. The second-order valence-electron chi connectivity index (χ2n) is 8.50. The number of hydrogen-bond donors (Lipinski definition) is 2. The first kappa shape index (κ1) is 19.7. The van der Waals surface area contributed by atoms with Crippen LogP contribution in [0.15, 0.2) is 36.9 Å². The zero-order valence-electron chi connectivity index (χ0n) is 17.8. The van der Waals surface area contributed by atoms with E-state index in [0.717, 1.165) is 74.6 Å². The summed E-state index contributed by atoms with van der Waals surface area (Å²) in [7, 11) is 0. The molecule has 160 valence electrons. The van der Waals surface area contributed by atoms with Crippen molar-refractivity contribution in [1.82, 2.24) is 29.8 Å². The quantitative estimate of drug-likeness (QED) is 0.662. The number of anilines is 1. The van der Waals surface area contributed by atoms with Crippen LogP contribution in [0, 0.1) is 0 Å². The molecule has 31 heavy (non-hydrogen) atoms.